The Morgan fingerprint density at radius 3 is 2.73 bits per heavy atom. The number of nitrogens with zero attached hydrogens (tertiary/aromatic N) is 1. The van der Waals surface area contributed by atoms with Gasteiger partial charge in [-0.25, -0.2) is 9.59 Å². The van der Waals surface area contributed by atoms with Crippen LogP contribution in [0.4, 0.5) is 10.5 Å². The predicted octanol–water partition coefficient (Wildman–Crippen LogP) is 2.52. The van der Waals surface area contributed by atoms with Gasteiger partial charge in [0.2, 0.25) is 5.91 Å². The van der Waals surface area contributed by atoms with E-state index in [2.05, 4.69) is 10.6 Å². The zero-order chi connectivity index (χ0) is 21.3. The molecule has 2 aromatic carbocycles. The molecule has 1 atom stereocenters. The van der Waals surface area contributed by atoms with Crippen LogP contribution in [0.2, 0.25) is 0 Å². The number of hydrogen-bond acceptors (Lipinski definition) is 5. The number of carbonyl (C=O) groups excluding carboxylic acids is 3. The quantitative estimate of drug-likeness (QED) is 0.743. The number of aryl methyl sites for hydroxylation is 1. The molecule has 0 spiro atoms. The Morgan fingerprint density at radius 1 is 1.23 bits per heavy atom. The zero-order valence-electron chi connectivity index (χ0n) is 16.6. The fraction of sp³-hybridized carbons (Fsp3) is 0.227. The molecular weight excluding hydrogens is 386 g/mol. The standard InChI is InChI=1S/C22H21N3O5/c1-13-8-9-17(29-2)15(10-13)23-18(26)11-25-16-12-30-21(27)19(16)20(24-22(25)28)14-6-4-3-5-7-14/h3-10,20H,11-12H2,1-2H3,(H,23,26)(H,24,28)/t20-/m0/s1. The molecule has 2 aliphatic heterocycles. The number of methoxy groups -OCH3 is 1. The van der Waals surface area contributed by atoms with Crippen LogP contribution in [0, 0.1) is 6.92 Å². The molecule has 0 aliphatic carbocycles. The summed E-state index contributed by atoms with van der Waals surface area (Å²) in [5.41, 5.74) is 2.99. The number of cyclic esters (lactones) is 1. The topological polar surface area (TPSA) is 97.0 Å². The molecule has 2 N–H and O–H groups in total. The molecule has 154 valence electrons. The van der Waals surface area contributed by atoms with Crippen molar-refractivity contribution in [2.75, 3.05) is 25.6 Å². The number of ether oxygens (including phenoxy) is 2. The second-order valence-electron chi connectivity index (χ2n) is 7.07. The first-order valence-corrected chi connectivity index (χ1v) is 9.45. The normalized spacial score (nSPS) is 17.9. The lowest BCUT2D eigenvalue weighted by Crippen LogP contribution is -2.49. The highest BCUT2D eigenvalue weighted by Gasteiger charge is 2.42. The number of nitrogens with one attached hydrogen (secondary N) is 2. The largest absolute Gasteiger partial charge is 0.495 e. The first kappa shape index (κ1) is 19.5. The second-order valence-corrected chi connectivity index (χ2v) is 7.07. The molecule has 2 aliphatic rings. The number of rotatable bonds is 5. The van der Waals surface area contributed by atoms with E-state index in [-0.39, 0.29) is 13.2 Å². The number of carbonyl (C=O) groups is 3. The SMILES string of the molecule is COc1ccc(C)cc1NC(=O)CN1C(=O)N[C@@H](c2ccccc2)C2=C1COC2=O. The van der Waals surface area contributed by atoms with Crippen LogP contribution in [0.1, 0.15) is 17.2 Å². The third kappa shape index (κ3) is 3.59. The minimum atomic E-state index is -0.611. The van der Waals surface area contributed by atoms with E-state index < -0.39 is 23.9 Å². The molecule has 0 fully saturated rings. The van der Waals surface area contributed by atoms with Crippen LogP contribution in [0.3, 0.4) is 0 Å². The highest BCUT2D eigenvalue weighted by atomic mass is 16.5. The van der Waals surface area contributed by atoms with Gasteiger partial charge in [0.15, 0.2) is 0 Å². The molecule has 0 radical (unpaired) electrons. The molecule has 30 heavy (non-hydrogen) atoms. The molecule has 0 saturated heterocycles. The fourth-order valence-electron chi connectivity index (χ4n) is 3.63. The van der Waals surface area contributed by atoms with E-state index >= 15 is 0 Å². The lowest BCUT2D eigenvalue weighted by Gasteiger charge is -2.32. The van der Waals surface area contributed by atoms with Crippen LogP contribution in [-0.2, 0) is 14.3 Å². The van der Waals surface area contributed by atoms with Crippen LogP contribution in [0.25, 0.3) is 0 Å². The number of amides is 3. The minimum absolute atomic E-state index is 0.0496. The predicted molar refractivity (Wildman–Crippen MR) is 109 cm³/mol. The Hall–Kier alpha value is -3.81. The Balaban J connectivity index is 1.59. The molecule has 4 rings (SSSR count). The van der Waals surface area contributed by atoms with Gasteiger partial charge in [-0.2, -0.15) is 0 Å². The van der Waals surface area contributed by atoms with Gasteiger partial charge in [-0.05, 0) is 30.2 Å². The average Bonchev–Trinajstić information content (AvgIpc) is 3.12. The molecule has 0 bridgehead atoms. The van der Waals surface area contributed by atoms with Gasteiger partial charge in [-0.1, -0.05) is 36.4 Å². The smallest absolute Gasteiger partial charge is 0.338 e. The number of benzene rings is 2. The van der Waals surface area contributed by atoms with E-state index in [1.807, 2.05) is 43.3 Å². The molecule has 0 aromatic heterocycles. The lowest BCUT2D eigenvalue weighted by molar-refractivity contribution is -0.136. The Morgan fingerprint density at radius 2 is 2.00 bits per heavy atom. The molecule has 2 heterocycles. The van der Waals surface area contributed by atoms with Crippen molar-refractivity contribution in [3.05, 3.63) is 70.9 Å². The van der Waals surface area contributed by atoms with Crippen LogP contribution in [0.5, 0.6) is 5.75 Å². The van der Waals surface area contributed by atoms with Gasteiger partial charge in [0.1, 0.15) is 18.9 Å². The van der Waals surface area contributed by atoms with Crippen LogP contribution in [-0.4, -0.2) is 43.1 Å². The van der Waals surface area contributed by atoms with Crippen molar-refractivity contribution in [2.45, 2.75) is 13.0 Å². The summed E-state index contributed by atoms with van der Waals surface area (Å²) in [5, 5.41) is 5.58. The number of anilines is 1. The van der Waals surface area contributed by atoms with Gasteiger partial charge in [-0.3, -0.25) is 9.69 Å². The number of urea groups is 1. The average molecular weight is 407 g/mol. The van der Waals surface area contributed by atoms with Gasteiger partial charge in [0.25, 0.3) is 0 Å². The van der Waals surface area contributed by atoms with E-state index in [4.69, 9.17) is 9.47 Å². The summed E-state index contributed by atoms with van der Waals surface area (Å²) >= 11 is 0. The maximum Gasteiger partial charge on any atom is 0.338 e. The summed E-state index contributed by atoms with van der Waals surface area (Å²) < 4.78 is 10.5. The highest BCUT2D eigenvalue weighted by molar-refractivity contribution is 6.00. The van der Waals surface area contributed by atoms with Crippen molar-refractivity contribution < 1.29 is 23.9 Å². The van der Waals surface area contributed by atoms with Crippen LogP contribution < -0.4 is 15.4 Å². The summed E-state index contributed by atoms with van der Waals surface area (Å²) in [7, 11) is 1.51. The van der Waals surface area contributed by atoms with Crippen molar-refractivity contribution in [3.63, 3.8) is 0 Å². The molecule has 3 amide bonds. The van der Waals surface area contributed by atoms with Crippen LogP contribution in [0.15, 0.2) is 59.8 Å². The fourth-order valence-corrected chi connectivity index (χ4v) is 3.63. The van der Waals surface area contributed by atoms with Gasteiger partial charge < -0.3 is 20.1 Å². The van der Waals surface area contributed by atoms with Gasteiger partial charge in [-0.15, -0.1) is 0 Å². The molecule has 0 saturated carbocycles. The first-order chi connectivity index (χ1) is 14.5. The van der Waals surface area contributed by atoms with Gasteiger partial charge in [0.05, 0.1) is 30.1 Å². The maximum absolute atomic E-state index is 12.8. The van der Waals surface area contributed by atoms with Crippen molar-refractivity contribution in [3.8, 4) is 5.75 Å². The van der Waals surface area contributed by atoms with Gasteiger partial charge in [0, 0.05) is 0 Å². The molecule has 0 unspecified atom stereocenters. The summed E-state index contributed by atoms with van der Waals surface area (Å²) in [4.78, 5) is 39.1. The summed E-state index contributed by atoms with van der Waals surface area (Å²) in [6.07, 6.45) is 0. The van der Waals surface area contributed by atoms with Crippen molar-refractivity contribution in [1.29, 1.82) is 0 Å². The molecular formula is C22H21N3O5. The Kier molecular flexibility index (Phi) is 5.14. The van der Waals surface area contributed by atoms with E-state index in [9.17, 15) is 14.4 Å². The highest BCUT2D eigenvalue weighted by Crippen LogP contribution is 2.35. The lowest BCUT2D eigenvalue weighted by atomic mass is 9.96. The van der Waals surface area contributed by atoms with E-state index in [1.165, 1.54) is 12.0 Å². The zero-order valence-corrected chi connectivity index (χ0v) is 16.6. The first-order valence-electron chi connectivity index (χ1n) is 9.45. The van der Waals surface area contributed by atoms with Crippen molar-refractivity contribution >= 4 is 23.6 Å². The van der Waals surface area contributed by atoms with E-state index in [1.54, 1.807) is 12.1 Å². The third-order valence-electron chi connectivity index (χ3n) is 5.06. The van der Waals surface area contributed by atoms with Gasteiger partial charge >= 0.3 is 12.0 Å². The summed E-state index contributed by atoms with van der Waals surface area (Å²) in [6, 6.07) is 13.5. The Labute approximate surface area is 173 Å². The van der Waals surface area contributed by atoms with Crippen molar-refractivity contribution in [1.82, 2.24) is 10.2 Å². The molecule has 8 nitrogen and oxygen atoms in total. The summed E-state index contributed by atoms with van der Waals surface area (Å²) in [6.45, 7) is 1.58. The van der Waals surface area contributed by atoms with Crippen molar-refractivity contribution in [2.24, 2.45) is 0 Å². The molecule has 8 heteroatoms. The number of esters is 1. The van der Waals surface area contributed by atoms with E-state index in [0.29, 0.717) is 22.7 Å². The summed E-state index contributed by atoms with van der Waals surface area (Å²) in [5.74, 6) is -0.400. The minimum Gasteiger partial charge on any atom is -0.495 e. The third-order valence-corrected chi connectivity index (χ3v) is 5.06. The number of hydrogen-bond donors (Lipinski definition) is 2. The second kappa shape index (κ2) is 7.90. The molecule has 2 aromatic rings. The monoisotopic (exact) mass is 407 g/mol. The van der Waals surface area contributed by atoms with E-state index in [0.717, 1.165) is 11.1 Å². The van der Waals surface area contributed by atoms with Crippen LogP contribution >= 0.6 is 0 Å². The Bertz CT molecular complexity index is 1050. The maximum atomic E-state index is 12.8.